The molecule has 2 aromatic rings. The van der Waals surface area contributed by atoms with Crippen molar-refractivity contribution in [2.24, 2.45) is 7.05 Å². The van der Waals surface area contributed by atoms with Crippen molar-refractivity contribution in [3.8, 4) is 11.1 Å². The summed E-state index contributed by atoms with van der Waals surface area (Å²) in [4.78, 5) is 11.0. The average molecular weight is 441 g/mol. The number of methoxy groups -OCH3 is 1. The predicted molar refractivity (Wildman–Crippen MR) is 130 cm³/mol. The van der Waals surface area contributed by atoms with Gasteiger partial charge in [-0.25, -0.2) is 9.13 Å². The summed E-state index contributed by atoms with van der Waals surface area (Å²) >= 11 is 0. The van der Waals surface area contributed by atoms with Gasteiger partial charge in [-0.15, -0.1) is 0 Å². The second kappa shape index (κ2) is 16.4. The molecule has 2 heterocycles. The number of carbonyl (C=O) groups excluding carboxylic acids is 1. The van der Waals surface area contributed by atoms with Crippen molar-refractivity contribution in [1.82, 2.24) is 0 Å². The fourth-order valence-electron chi connectivity index (χ4n) is 4.10. The number of carbonyl (C=O) groups is 1. The predicted octanol–water partition coefficient (Wildman–Crippen LogP) is 6.10. The van der Waals surface area contributed by atoms with Crippen molar-refractivity contribution in [2.75, 3.05) is 7.11 Å². The lowest BCUT2D eigenvalue weighted by Gasteiger charge is -2.03. The van der Waals surface area contributed by atoms with Gasteiger partial charge in [-0.3, -0.25) is 4.79 Å². The van der Waals surface area contributed by atoms with Crippen LogP contribution in [0.1, 0.15) is 89.9 Å². The summed E-state index contributed by atoms with van der Waals surface area (Å²) in [5, 5.41) is 0. The Kier molecular flexibility index (Phi) is 13.3. The van der Waals surface area contributed by atoms with E-state index in [2.05, 4.69) is 62.9 Å². The molecule has 0 aromatic carbocycles. The molecule has 0 saturated heterocycles. The molecule has 0 radical (unpaired) electrons. The van der Waals surface area contributed by atoms with E-state index in [4.69, 9.17) is 0 Å². The third kappa shape index (κ3) is 11.4. The molecular weight excluding hydrogens is 396 g/mol. The fourth-order valence-corrected chi connectivity index (χ4v) is 4.10. The maximum absolute atomic E-state index is 11.0. The van der Waals surface area contributed by atoms with E-state index in [1.54, 1.807) is 0 Å². The Morgan fingerprint density at radius 2 is 1.06 bits per heavy atom. The number of aryl methyl sites for hydroxylation is 2. The summed E-state index contributed by atoms with van der Waals surface area (Å²) < 4.78 is 9.03. The molecule has 0 spiro atoms. The second-order valence-corrected chi connectivity index (χ2v) is 9.00. The van der Waals surface area contributed by atoms with Gasteiger partial charge < -0.3 is 4.74 Å². The molecule has 0 aliphatic carbocycles. The van der Waals surface area contributed by atoms with Gasteiger partial charge in [-0.1, -0.05) is 64.2 Å². The van der Waals surface area contributed by atoms with Crippen molar-refractivity contribution in [3.63, 3.8) is 0 Å². The van der Waals surface area contributed by atoms with Crippen LogP contribution in [0, 0.1) is 0 Å². The van der Waals surface area contributed by atoms with Gasteiger partial charge >= 0.3 is 5.97 Å². The number of hydrogen-bond donors (Lipinski definition) is 0. The van der Waals surface area contributed by atoms with Crippen molar-refractivity contribution in [1.29, 1.82) is 0 Å². The Morgan fingerprint density at radius 1 is 0.656 bits per heavy atom. The summed E-state index contributed by atoms with van der Waals surface area (Å²) in [6, 6.07) is 8.76. The van der Waals surface area contributed by atoms with Gasteiger partial charge in [0.05, 0.1) is 7.11 Å². The molecule has 0 amide bonds. The Labute approximate surface area is 195 Å². The lowest BCUT2D eigenvalue weighted by atomic mass is 10.0. The lowest BCUT2D eigenvalue weighted by Crippen LogP contribution is -2.32. The number of esters is 1. The zero-order valence-corrected chi connectivity index (χ0v) is 20.4. The number of nitrogens with zero attached hydrogens (tertiary/aromatic N) is 2. The Hall–Kier alpha value is -2.23. The zero-order valence-electron chi connectivity index (χ0n) is 20.4. The molecule has 2 aromatic heterocycles. The van der Waals surface area contributed by atoms with Crippen LogP contribution in [0.5, 0.6) is 0 Å². The molecule has 4 nitrogen and oxygen atoms in total. The molecule has 32 heavy (non-hydrogen) atoms. The van der Waals surface area contributed by atoms with Crippen molar-refractivity contribution < 1.29 is 18.7 Å². The molecule has 4 heteroatoms. The number of rotatable bonds is 17. The van der Waals surface area contributed by atoms with Gasteiger partial charge in [-0.05, 0) is 24.0 Å². The first-order chi connectivity index (χ1) is 15.7. The molecule has 0 N–H and O–H groups in total. The number of hydrogen-bond acceptors (Lipinski definition) is 2. The molecule has 176 valence electrons. The van der Waals surface area contributed by atoms with E-state index >= 15 is 0 Å². The molecule has 0 aliphatic heterocycles. The van der Waals surface area contributed by atoms with E-state index < -0.39 is 0 Å². The van der Waals surface area contributed by atoms with E-state index in [1.807, 2.05) is 7.05 Å². The minimum atomic E-state index is -0.0735. The third-order valence-corrected chi connectivity index (χ3v) is 6.23. The SMILES string of the molecule is COC(=O)CCCCCCCCCCCCCCC[n+]1ccc(-c2cc[n+](C)cc2)cc1. The van der Waals surface area contributed by atoms with Gasteiger partial charge in [0.1, 0.15) is 13.6 Å². The molecule has 0 saturated carbocycles. The molecule has 0 bridgehead atoms. The molecule has 2 rings (SSSR count). The highest BCUT2D eigenvalue weighted by Crippen LogP contribution is 2.16. The van der Waals surface area contributed by atoms with Gasteiger partial charge in [0.15, 0.2) is 24.8 Å². The lowest BCUT2D eigenvalue weighted by molar-refractivity contribution is -0.697. The number of unbranched alkanes of at least 4 members (excludes halogenated alkanes) is 12. The van der Waals surface area contributed by atoms with Crippen LogP contribution < -0.4 is 9.13 Å². The van der Waals surface area contributed by atoms with Gasteiger partial charge in [0.25, 0.3) is 0 Å². The highest BCUT2D eigenvalue weighted by Gasteiger charge is 2.04. The van der Waals surface area contributed by atoms with Crippen molar-refractivity contribution in [3.05, 3.63) is 49.1 Å². The van der Waals surface area contributed by atoms with Crippen LogP contribution >= 0.6 is 0 Å². The van der Waals surface area contributed by atoms with E-state index in [0.717, 1.165) is 19.4 Å². The van der Waals surface area contributed by atoms with Crippen LogP contribution in [-0.2, 0) is 23.1 Å². The van der Waals surface area contributed by atoms with E-state index in [9.17, 15) is 4.79 Å². The van der Waals surface area contributed by atoms with Crippen LogP contribution in [0.3, 0.4) is 0 Å². The Morgan fingerprint density at radius 3 is 1.53 bits per heavy atom. The van der Waals surface area contributed by atoms with Gasteiger partial charge in [-0.2, -0.15) is 0 Å². The highest BCUT2D eigenvalue weighted by atomic mass is 16.5. The number of pyridine rings is 2. The molecule has 0 aliphatic rings. The minimum Gasteiger partial charge on any atom is -0.469 e. The van der Waals surface area contributed by atoms with E-state index in [0.29, 0.717) is 6.42 Å². The van der Waals surface area contributed by atoms with Crippen molar-refractivity contribution in [2.45, 2.75) is 96.4 Å². The maximum atomic E-state index is 11.0. The standard InChI is InChI=1S/C28H44N2O2/c1-29-22-17-26(18-23-29)27-19-24-30(25-20-27)21-15-13-11-9-7-5-3-4-6-8-10-12-14-16-28(31)32-2/h17-20,22-25H,3-16,21H2,1-2H3/q+2. The first-order valence-corrected chi connectivity index (χ1v) is 12.7. The average Bonchev–Trinajstić information content (AvgIpc) is 2.82. The first kappa shape index (κ1) is 26.0. The number of aromatic nitrogens is 2. The van der Waals surface area contributed by atoms with Gasteiger partial charge in [0.2, 0.25) is 0 Å². The van der Waals surface area contributed by atoms with Crippen LogP contribution in [0.2, 0.25) is 0 Å². The van der Waals surface area contributed by atoms with Gasteiger partial charge in [0, 0.05) is 37.1 Å². The zero-order chi connectivity index (χ0) is 22.9. The topological polar surface area (TPSA) is 34.1 Å². The Bertz CT molecular complexity index is 741. The summed E-state index contributed by atoms with van der Waals surface area (Å²) in [6.45, 7) is 1.11. The van der Waals surface area contributed by atoms with Crippen molar-refractivity contribution >= 4 is 5.97 Å². The van der Waals surface area contributed by atoms with Crippen LogP contribution in [0.4, 0.5) is 0 Å². The summed E-state index contributed by atoms with van der Waals surface area (Å²) in [6.07, 6.45) is 26.1. The van der Waals surface area contributed by atoms with E-state index in [-0.39, 0.29) is 5.97 Å². The third-order valence-electron chi connectivity index (χ3n) is 6.23. The minimum absolute atomic E-state index is 0.0735. The van der Waals surface area contributed by atoms with Crippen LogP contribution in [0.15, 0.2) is 49.1 Å². The maximum Gasteiger partial charge on any atom is 0.305 e. The largest absolute Gasteiger partial charge is 0.469 e. The summed E-state index contributed by atoms with van der Waals surface area (Å²) in [5.41, 5.74) is 2.55. The molecule has 0 unspecified atom stereocenters. The normalized spacial score (nSPS) is 10.9. The molecule has 0 fully saturated rings. The summed E-state index contributed by atoms with van der Waals surface area (Å²) in [5.74, 6) is -0.0735. The molecular formula is C28H44N2O2+2. The quantitative estimate of drug-likeness (QED) is 0.169. The fraction of sp³-hybridized carbons (Fsp3) is 0.607. The number of ether oxygens (including phenoxy) is 1. The van der Waals surface area contributed by atoms with E-state index in [1.165, 1.54) is 88.9 Å². The smallest absolute Gasteiger partial charge is 0.305 e. The Balaban J connectivity index is 1.39. The first-order valence-electron chi connectivity index (χ1n) is 12.7. The highest BCUT2D eigenvalue weighted by molar-refractivity contribution is 5.68. The summed E-state index contributed by atoms with van der Waals surface area (Å²) in [7, 11) is 3.51. The second-order valence-electron chi connectivity index (χ2n) is 9.00. The monoisotopic (exact) mass is 440 g/mol. The molecule has 0 atom stereocenters. The van der Waals surface area contributed by atoms with Crippen LogP contribution in [-0.4, -0.2) is 13.1 Å². The van der Waals surface area contributed by atoms with Crippen LogP contribution in [0.25, 0.3) is 11.1 Å².